The van der Waals surface area contributed by atoms with Gasteiger partial charge in [0, 0.05) is 19.3 Å². The van der Waals surface area contributed by atoms with E-state index in [4.69, 9.17) is 4.74 Å². The van der Waals surface area contributed by atoms with Crippen molar-refractivity contribution in [3.8, 4) is 0 Å². The maximum atomic E-state index is 12.1. The van der Waals surface area contributed by atoms with Crippen molar-refractivity contribution in [1.29, 1.82) is 0 Å². The molecule has 4 aliphatic carbocycles. The van der Waals surface area contributed by atoms with E-state index in [9.17, 15) is 9.59 Å². The Labute approximate surface area is 177 Å². The Morgan fingerprint density at radius 3 is 2.59 bits per heavy atom. The van der Waals surface area contributed by atoms with Crippen LogP contribution in [0.5, 0.6) is 0 Å². The van der Waals surface area contributed by atoms with Crippen LogP contribution in [0, 0.1) is 46.3 Å². The number of carbonyl (C=O) groups is 2. The van der Waals surface area contributed by atoms with Gasteiger partial charge in [-0.1, -0.05) is 20.8 Å². The van der Waals surface area contributed by atoms with Crippen LogP contribution in [0.4, 0.5) is 0 Å². The molecule has 8 atom stereocenters. The highest BCUT2D eigenvalue weighted by Gasteiger charge is 2.60. The number of ether oxygens (including phenoxy) is 1. The van der Waals surface area contributed by atoms with Crippen molar-refractivity contribution in [2.75, 3.05) is 6.61 Å². The van der Waals surface area contributed by atoms with Crippen LogP contribution in [0.15, 0.2) is 0 Å². The van der Waals surface area contributed by atoms with Gasteiger partial charge in [-0.2, -0.15) is 0 Å². The molecule has 4 saturated carbocycles. The Hall–Kier alpha value is -0.860. The molecule has 0 aliphatic heterocycles. The SMILES string of the molecule is CCOC(=O)CC[C@@H](C)[C@H]1CCC2C3CCC4CC(=O)CC[C@]4(C)C3CC[C@@]21C. The fourth-order valence-electron chi connectivity index (χ4n) is 8.80. The number of esters is 1. The van der Waals surface area contributed by atoms with Gasteiger partial charge < -0.3 is 4.74 Å². The summed E-state index contributed by atoms with van der Waals surface area (Å²) in [5, 5.41) is 0. The first kappa shape index (κ1) is 21.4. The lowest BCUT2D eigenvalue weighted by Gasteiger charge is -2.60. The van der Waals surface area contributed by atoms with Crippen molar-refractivity contribution < 1.29 is 14.3 Å². The number of hydrogen-bond acceptors (Lipinski definition) is 3. The second-order valence-corrected chi connectivity index (χ2v) is 11.4. The van der Waals surface area contributed by atoms with Crippen LogP contribution in [0.25, 0.3) is 0 Å². The van der Waals surface area contributed by atoms with Crippen molar-refractivity contribution in [2.24, 2.45) is 46.3 Å². The normalized spacial score (nSPS) is 45.1. The van der Waals surface area contributed by atoms with E-state index in [1.54, 1.807) is 0 Å². The highest BCUT2D eigenvalue weighted by molar-refractivity contribution is 5.79. The van der Waals surface area contributed by atoms with Crippen LogP contribution >= 0.6 is 0 Å². The Bertz CT molecular complexity index is 642. The molecule has 0 bridgehead atoms. The first-order chi connectivity index (χ1) is 13.8. The predicted molar refractivity (Wildman–Crippen MR) is 115 cm³/mol. The van der Waals surface area contributed by atoms with Gasteiger partial charge in [-0.3, -0.25) is 9.59 Å². The maximum Gasteiger partial charge on any atom is 0.305 e. The summed E-state index contributed by atoms with van der Waals surface area (Å²) in [7, 11) is 0. The molecule has 4 aliphatic rings. The zero-order chi connectivity index (χ0) is 20.8. The molecule has 4 rings (SSSR count). The Balaban J connectivity index is 1.46. The van der Waals surface area contributed by atoms with Crippen LogP contribution in [0.2, 0.25) is 0 Å². The molecule has 4 fully saturated rings. The van der Waals surface area contributed by atoms with Gasteiger partial charge in [-0.25, -0.2) is 0 Å². The summed E-state index contributed by atoms with van der Waals surface area (Å²) in [5.41, 5.74) is 0.856. The van der Waals surface area contributed by atoms with E-state index in [1.165, 1.54) is 38.5 Å². The van der Waals surface area contributed by atoms with E-state index in [1.807, 2.05) is 6.92 Å². The average Bonchev–Trinajstić information content (AvgIpc) is 3.04. The van der Waals surface area contributed by atoms with Crippen LogP contribution < -0.4 is 0 Å². The van der Waals surface area contributed by atoms with E-state index in [0.717, 1.165) is 49.4 Å². The van der Waals surface area contributed by atoms with Gasteiger partial charge in [0.2, 0.25) is 0 Å². The standard InChI is InChI=1S/C26H42O3/c1-5-29-24(28)11-6-17(2)21-9-10-22-20-8-7-18-16-19(27)12-14-25(18,3)23(20)13-15-26(21,22)4/h17-18,20-23H,5-16H2,1-4H3/t17-,18?,20?,21-,22?,23?,25+,26-/m1/s1. The first-order valence-corrected chi connectivity index (χ1v) is 12.5. The molecule has 4 unspecified atom stereocenters. The third-order valence-electron chi connectivity index (χ3n) is 10.4. The average molecular weight is 403 g/mol. The van der Waals surface area contributed by atoms with E-state index in [-0.39, 0.29) is 5.97 Å². The minimum Gasteiger partial charge on any atom is -0.466 e. The molecule has 3 nitrogen and oxygen atoms in total. The molecule has 0 spiro atoms. The molecule has 0 heterocycles. The minimum absolute atomic E-state index is 0.0270. The molecular weight excluding hydrogens is 360 g/mol. The Morgan fingerprint density at radius 1 is 1.07 bits per heavy atom. The number of ketones is 1. The molecule has 164 valence electrons. The zero-order valence-corrected chi connectivity index (χ0v) is 19.2. The second-order valence-electron chi connectivity index (χ2n) is 11.4. The van der Waals surface area contributed by atoms with Crippen molar-refractivity contribution in [2.45, 2.75) is 98.3 Å². The number of carbonyl (C=O) groups excluding carboxylic acids is 2. The lowest BCUT2D eigenvalue weighted by Crippen LogP contribution is -2.53. The van der Waals surface area contributed by atoms with Gasteiger partial charge >= 0.3 is 5.97 Å². The van der Waals surface area contributed by atoms with Gasteiger partial charge in [0.1, 0.15) is 5.78 Å². The maximum absolute atomic E-state index is 12.1. The van der Waals surface area contributed by atoms with Gasteiger partial charge in [-0.15, -0.1) is 0 Å². The number of fused-ring (bicyclic) bond motifs is 5. The second kappa shape index (κ2) is 8.00. The number of Topliss-reactive ketones (excluding diaryl/α,β-unsaturated/α-hetero) is 1. The molecule has 0 radical (unpaired) electrons. The van der Waals surface area contributed by atoms with Crippen LogP contribution in [0.3, 0.4) is 0 Å². The topological polar surface area (TPSA) is 43.4 Å². The monoisotopic (exact) mass is 402 g/mol. The summed E-state index contributed by atoms with van der Waals surface area (Å²) in [4.78, 5) is 23.9. The van der Waals surface area contributed by atoms with E-state index in [2.05, 4.69) is 20.8 Å². The Kier molecular flexibility index (Phi) is 5.90. The molecule has 3 heteroatoms. The lowest BCUT2D eigenvalue weighted by molar-refractivity contribution is -0.144. The smallest absolute Gasteiger partial charge is 0.305 e. The summed E-state index contributed by atoms with van der Waals surface area (Å²) in [6.45, 7) is 9.89. The summed E-state index contributed by atoms with van der Waals surface area (Å²) in [5.74, 6) is 5.04. The number of hydrogen-bond donors (Lipinski definition) is 0. The molecule has 0 amide bonds. The molecule has 29 heavy (non-hydrogen) atoms. The van der Waals surface area contributed by atoms with E-state index >= 15 is 0 Å². The van der Waals surface area contributed by atoms with Crippen LogP contribution in [-0.2, 0) is 14.3 Å². The predicted octanol–water partition coefficient (Wildman–Crippen LogP) is 6.19. The molecule has 0 aromatic heterocycles. The largest absolute Gasteiger partial charge is 0.466 e. The van der Waals surface area contributed by atoms with Crippen molar-refractivity contribution in [3.63, 3.8) is 0 Å². The van der Waals surface area contributed by atoms with E-state index < -0.39 is 0 Å². The quantitative estimate of drug-likeness (QED) is 0.515. The van der Waals surface area contributed by atoms with Crippen LogP contribution in [-0.4, -0.2) is 18.4 Å². The minimum atomic E-state index is -0.0270. The molecule has 0 aromatic carbocycles. The third kappa shape index (κ3) is 3.59. The summed E-state index contributed by atoms with van der Waals surface area (Å²) >= 11 is 0. The summed E-state index contributed by atoms with van der Waals surface area (Å²) < 4.78 is 5.16. The van der Waals surface area contributed by atoms with Crippen molar-refractivity contribution >= 4 is 11.8 Å². The molecule has 0 N–H and O–H groups in total. The third-order valence-corrected chi connectivity index (χ3v) is 10.4. The molecule has 0 aromatic rings. The van der Waals surface area contributed by atoms with Gasteiger partial charge in [0.15, 0.2) is 0 Å². The summed E-state index contributed by atoms with van der Waals surface area (Å²) in [6, 6.07) is 0. The number of rotatable bonds is 5. The highest BCUT2D eigenvalue weighted by atomic mass is 16.5. The molecule has 0 saturated heterocycles. The Morgan fingerprint density at radius 2 is 1.83 bits per heavy atom. The van der Waals surface area contributed by atoms with Gasteiger partial charge in [0.25, 0.3) is 0 Å². The molecular formula is C26H42O3. The first-order valence-electron chi connectivity index (χ1n) is 12.5. The van der Waals surface area contributed by atoms with E-state index in [0.29, 0.717) is 41.5 Å². The summed E-state index contributed by atoms with van der Waals surface area (Å²) in [6.07, 6.45) is 12.4. The van der Waals surface area contributed by atoms with Gasteiger partial charge in [-0.05, 0) is 105 Å². The van der Waals surface area contributed by atoms with Crippen molar-refractivity contribution in [1.82, 2.24) is 0 Å². The zero-order valence-electron chi connectivity index (χ0n) is 19.2. The fourth-order valence-corrected chi connectivity index (χ4v) is 8.80. The van der Waals surface area contributed by atoms with Gasteiger partial charge in [0.05, 0.1) is 6.61 Å². The van der Waals surface area contributed by atoms with Crippen molar-refractivity contribution in [3.05, 3.63) is 0 Å². The highest BCUT2D eigenvalue weighted by Crippen LogP contribution is 2.68. The lowest BCUT2D eigenvalue weighted by atomic mass is 9.44. The fraction of sp³-hybridized carbons (Fsp3) is 0.923. The van der Waals surface area contributed by atoms with Crippen LogP contribution in [0.1, 0.15) is 98.3 Å².